The summed E-state index contributed by atoms with van der Waals surface area (Å²) in [6, 6.07) is 9.62. The van der Waals surface area contributed by atoms with Gasteiger partial charge in [-0.1, -0.05) is 29.8 Å². The van der Waals surface area contributed by atoms with Crippen molar-refractivity contribution in [2.45, 2.75) is 50.9 Å². The topological polar surface area (TPSA) is 3.24 Å². The van der Waals surface area contributed by atoms with E-state index in [-0.39, 0.29) is 12.4 Å². The standard InChI is InChI=1S/C21H31N.ClH/c1-15-4-6-18(7-5-15)21(8-9-22(2)3)19-11-16-10-17(13-19)14-20(21)12-16;/h4-7,16-17,19-20H,8-14H2,1-3H3;1H. The van der Waals surface area contributed by atoms with Crippen LogP contribution in [0.3, 0.4) is 0 Å². The van der Waals surface area contributed by atoms with E-state index in [2.05, 4.69) is 50.2 Å². The first kappa shape index (κ1) is 17.3. The van der Waals surface area contributed by atoms with Crippen LogP contribution >= 0.6 is 12.4 Å². The van der Waals surface area contributed by atoms with E-state index in [9.17, 15) is 0 Å². The van der Waals surface area contributed by atoms with Crippen molar-refractivity contribution in [2.24, 2.45) is 23.7 Å². The van der Waals surface area contributed by atoms with Crippen LogP contribution in [0.2, 0.25) is 0 Å². The highest BCUT2D eigenvalue weighted by Gasteiger charge is 2.57. The summed E-state index contributed by atoms with van der Waals surface area (Å²) in [5.74, 6) is 4.01. The van der Waals surface area contributed by atoms with E-state index in [0.717, 1.165) is 23.7 Å². The van der Waals surface area contributed by atoms with Gasteiger partial charge in [-0.15, -0.1) is 12.4 Å². The molecule has 4 bridgehead atoms. The molecule has 0 N–H and O–H groups in total. The molecule has 0 unspecified atom stereocenters. The molecule has 2 heteroatoms. The summed E-state index contributed by atoms with van der Waals surface area (Å²) in [4.78, 5) is 2.39. The van der Waals surface area contributed by atoms with Crippen molar-refractivity contribution in [2.75, 3.05) is 20.6 Å². The van der Waals surface area contributed by atoms with Gasteiger partial charge in [0, 0.05) is 5.41 Å². The van der Waals surface area contributed by atoms with E-state index in [4.69, 9.17) is 0 Å². The van der Waals surface area contributed by atoms with Crippen molar-refractivity contribution in [3.8, 4) is 0 Å². The molecule has 4 aliphatic rings. The summed E-state index contributed by atoms with van der Waals surface area (Å²) >= 11 is 0. The maximum absolute atomic E-state index is 2.47. The van der Waals surface area contributed by atoms with Gasteiger partial charge in [0.25, 0.3) is 0 Å². The molecule has 1 nitrogen and oxygen atoms in total. The van der Waals surface area contributed by atoms with Crippen molar-refractivity contribution in [1.29, 1.82) is 0 Å². The lowest BCUT2D eigenvalue weighted by atomic mass is 9.43. The molecule has 1 aromatic carbocycles. The van der Waals surface area contributed by atoms with Crippen molar-refractivity contribution >= 4 is 12.4 Å². The molecule has 0 saturated heterocycles. The monoisotopic (exact) mass is 333 g/mol. The third-order valence-electron chi connectivity index (χ3n) is 7.16. The van der Waals surface area contributed by atoms with Gasteiger partial charge in [0.05, 0.1) is 0 Å². The van der Waals surface area contributed by atoms with Crippen molar-refractivity contribution in [3.05, 3.63) is 35.4 Å². The lowest BCUT2D eigenvalue weighted by Gasteiger charge is -2.62. The molecule has 0 heterocycles. The third kappa shape index (κ3) is 2.85. The Morgan fingerprint density at radius 1 is 0.913 bits per heavy atom. The fourth-order valence-corrected chi connectivity index (χ4v) is 6.32. The maximum atomic E-state index is 2.47. The molecule has 4 fully saturated rings. The van der Waals surface area contributed by atoms with Crippen LogP contribution in [0.1, 0.15) is 49.7 Å². The Morgan fingerprint density at radius 2 is 1.43 bits per heavy atom. The van der Waals surface area contributed by atoms with Crippen LogP contribution in [0.15, 0.2) is 24.3 Å². The van der Waals surface area contributed by atoms with Crippen LogP contribution in [0.5, 0.6) is 0 Å². The van der Waals surface area contributed by atoms with Crippen LogP contribution in [0.25, 0.3) is 0 Å². The Morgan fingerprint density at radius 3 is 1.91 bits per heavy atom. The molecule has 4 aliphatic carbocycles. The molecule has 0 aliphatic heterocycles. The molecule has 1 aromatic rings. The Kier molecular flexibility index (Phi) is 4.82. The van der Waals surface area contributed by atoms with Crippen LogP contribution < -0.4 is 0 Å². The highest BCUT2D eigenvalue weighted by Crippen LogP contribution is 2.64. The lowest BCUT2D eigenvalue weighted by molar-refractivity contribution is -0.0669. The Bertz CT molecular complexity index is 505. The highest BCUT2D eigenvalue weighted by atomic mass is 35.5. The van der Waals surface area contributed by atoms with E-state index in [1.165, 1.54) is 44.2 Å². The third-order valence-corrected chi connectivity index (χ3v) is 7.16. The summed E-state index contributed by atoms with van der Waals surface area (Å²) in [5, 5.41) is 0. The first-order valence-corrected chi connectivity index (χ1v) is 9.30. The number of benzene rings is 1. The van der Waals surface area contributed by atoms with Crippen molar-refractivity contribution in [1.82, 2.24) is 4.90 Å². The SMILES string of the molecule is Cc1ccc(C2(CCN(C)C)C3CC4CC(C3)CC2C4)cc1.Cl. The van der Waals surface area contributed by atoms with Gasteiger partial charge in [0.1, 0.15) is 0 Å². The Labute approximate surface area is 148 Å². The van der Waals surface area contributed by atoms with Gasteiger partial charge in [-0.2, -0.15) is 0 Å². The minimum atomic E-state index is 0. The number of rotatable bonds is 4. The summed E-state index contributed by atoms with van der Waals surface area (Å²) in [6.07, 6.45) is 8.94. The smallest absolute Gasteiger partial charge is 0.00220 e. The minimum Gasteiger partial charge on any atom is -0.309 e. The fourth-order valence-electron chi connectivity index (χ4n) is 6.32. The zero-order chi connectivity index (χ0) is 15.3. The first-order valence-electron chi connectivity index (χ1n) is 9.30. The number of aryl methyl sites for hydroxylation is 1. The van der Waals surface area contributed by atoms with E-state index in [1.807, 2.05) is 0 Å². The average molecular weight is 334 g/mol. The summed E-state index contributed by atoms with van der Waals surface area (Å²) in [6.45, 7) is 3.45. The van der Waals surface area contributed by atoms with E-state index in [0.29, 0.717) is 5.41 Å². The molecule has 0 aromatic heterocycles. The molecular formula is C21H32ClN. The molecule has 128 valence electrons. The molecule has 4 saturated carbocycles. The summed E-state index contributed by atoms with van der Waals surface area (Å²) in [5.41, 5.74) is 3.54. The lowest BCUT2D eigenvalue weighted by Crippen LogP contribution is -2.56. The van der Waals surface area contributed by atoms with Crippen molar-refractivity contribution < 1.29 is 0 Å². The molecule has 0 amide bonds. The van der Waals surface area contributed by atoms with Gasteiger partial charge in [0.2, 0.25) is 0 Å². The molecular weight excluding hydrogens is 302 g/mol. The van der Waals surface area contributed by atoms with Crippen LogP contribution in [-0.4, -0.2) is 25.5 Å². The van der Waals surface area contributed by atoms with Gasteiger partial charge in [0.15, 0.2) is 0 Å². The first-order chi connectivity index (χ1) is 10.6. The average Bonchev–Trinajstić information content (AvgIpc) is 2.47. The van der Waals surface area contributed by atoms with Crippen LogP contribution in [-0.2, 0) is 5.41 Å². The maximum Gasteiger partial charge on any atom is 0.00220 e. The fraction of sp³-hybridized carbons (Fsp3) is 0.714. The zero-order valence-electron chi connectivity index (χ0n) is 14.9. The van der Waals surface area contributed by atoms with Gasteiger partial charge < -0.3 is 4.90 Å². The predicted octanol–water partition coefficient (Wildman–Crippen LogP) is 5.06. The largest absolute Gasteiger partial charge is 0.309 e. The second-order valence-corrected chi connectivity index (χ2v) is 8.76. The summed E-state index contributed by atoms with van der Waals surface area (Å²) < 4.78 is 0. The van der Waals surface area contributed by atoms with Crippen molar-refractivity contribution in [3.63, 3.8) is 0 Å². The summed E-state index contributed by atoms with van der Waals surface area (Å²) in [7, 11) is 4.47. The van der Waals surface area contributed by atoms with Gasteiger partial charge in [-0.3, -0.25) is 0 Å². The van der Waals surface area contributed by atoms with Crippen LogP contribution in [0.4, 0.5) is 0 Å². The molecule has 0 atom stereocenters. The quantitative estimate of drug-likeness (QED) is 0.744. The van der Waals surface area contributed by atoms with Gasteiger partial charge in [-0.05, 0) is 95.3 Å². The van der Waals surface area contributed by atoms with E-state index >= 15 is 0 Å². The number of nitrogens with zero attached hydrogens (tertiary/aromatic N) is 1. The Balaban J connectivity index is 0.00000156. The van der Waals surface area contributed by atoms with E-state index in [1.54, 1.807) is 12.0 Å². The van der Waals surface area contributed by atoms with Gasteiger partial charge in [-0.25, -0.2) is 0 Å². The number of hydrogen-bond donors (Lipinski definition) is 0. The molecule has 5 rings (SSSR count). The predicted molar refractivity (Wildman–Crippen MR) is 100 cm³/mol. The number of hydrogen-bond acceptors (Lipinski definition) is 1. The zero-order valence-corrected chi connectivity index (χ0v) is 15.7. The second kappa shape index (κ2) is 6.41. The molecule has 0 spiro atoms. The highest BCUT2D eigenvalue weighted by molar-refractivity contribution is 5.85. The second-order valence-electron chi connectivity index (χ2n) is 8.76. The molecule has 0 radical (unpaired) electrons. The van der Waals surface area contributed by atoms with E-state index < -0.39 is 0 Å². The Hall–Kier alpha value is -0.530. The number of halogens is 1. The normalized spacial score (nSPS) is 37.9. The van der Waals surface area contributed by atoms with Gasteiger partial charge >= 0.3 is 0 Å². The van der Waals surface area contributed by atoms with Crippen LogP contribution in [0, 0.1) is 30.6 Å². The minimum absolute atomic E-state index is 0. The molecule has 23 heavy (non-hydrogen) atoms.